The number of aromatic nitrogens is 2. The molecule has 86 valence electrons. The second kappa shape index (κ2) is 4.74. The minimum atomic E-state index is -0.413. The Morgan fingerprint density at radius 3 is 2.53 bits per heavy atom. The molecule has 0 saturated heterocycles. The van der Waals surface area contributed by atoms with Crippen molar-refractivity contribution in [2.75, 3.05) is 7.11 Å². The van der Waals surface area contributed by atoms with Crippen molar-refractivity contribution in [3.05, 3.63) is 48.0 Å². The van der Waals surface area contributed by atoms with Gasteiger partial charge < -0.3 is 4.74 Å². The number of ether oxygens (including phenoxy) is 1. The van der Waals surface area contributed by atoms with Gasteiger partial charge in [-0.2, -0.15) is 0 Å². The summed E-state index contributed by atoms with van der Waals surface area (Å²) in [5.74, 6) is -0.413. The molecule has 4 nitrogen and oxygen atoms in total. The van der Waals surface area contributed by atoms with Gasteiger partial charge in [-0.25, -0.2) is 9.78 Å². The third-order valence-electron chi connectivity index (χ3n) is 2.47. The van der Waals surface area contributed by atoms with E-state index in [0.29, 0.717) is 5.69 Å². The highest BCUT2D eigenvalue weighted by Crippen LogP contribution is 2.19. The van der Waals surface area contributed by atoms with Crippen LogP contribution in [0.3, 0.4) is 0 Å². The lowest BCUT2D eigenvalue weighted by molar-refractivity contribution is 0.0593. The van der Waals surface area contributed by atoms with Gasteiger partial charge in [0.1, 0.15) is 0 Å². The van der Waals surface area contributed by atoms with Crippen LogP contribution in [0, 0.1) is 6.92 Å². The number of rotatable bonds is 2. The number of carbonyl (C=O) groups excluding carboxylic acids is 1. The van der Waals surface area contributed by atoms with Crippen LogP contribution in [-0.2, 0) is 4.74 Å². The van der Waals surface area contributed by atoms with Gasteiger partial charge in [0.2, 0.25) is 0 Å². The lowest BCUT2D eigenvalue weighted by Crippen LogP contribution is -2.06. The summed E-state index contributed by atoms with van der Waals surface area (Å²) in [6.07, 6.45) is 5.10. The molecule has 0 fully saturated rings. The van der Waals surface area contributed by atoms with Crippen molar-refractivity contribution in [1.82, 2.24) is 9.97 Å². The molecule has 0 atom stereocenters. The molecule has 0 N–H and O–H groups in total. The minimum Gasteiger partial charge on any atom is -0.464 e. The Morgan fingerprint density at radius 1 is 1.24 bits per heavy atom. The fourth-order valence-electron chi connectivity index (χ4n) is 1.59. The summed E-state index contributed by atoms with van der Waals surface area (Å²) >= 11 is 0. The molecule has 2 rings (SSSR count). The van der Waals surface area contributed by atoms with Gasteiger partial charge in [0.15, 0.2) is 5.69 Å². The molecule has 0 spiro atoms. The van der Waals surface area contributed by atoms with Gasteiger partial charge in [-0.3, -0.25) is 4.98 Å². The highest BCUT2D eigenvalue weighted by molar-refractivity contribution is 5.89. The molecule has 4 heteroatoms. The Labute approximate surface area is 99.3 Å². The van der Waals surface area contributed by atoms with Gasteiger partial charge in [0.05, 0.1) is 7.11 Å². The van der Waals surface area contributed by atoms with E-state index in [1.807, 2.05) is 25.1 Å². The van der Waals surface area contributed by atoms with Crippen LogP contribution in [0.25, 0.3) is 11.1 Å². The molecule has 17 heavy (non-hydrogen) atoms. The van der Waals surface area contributed by atoms with Crippen molar-refractivity contribution in [3.63, 3.8) is 0 Å². The smallest absolute Gasteiger partial charge is 0.356 e. The zero-order valence-electron chi connectivity index (χ0n) is 9.68. The molecule has 2 heterocycles. The van der Waals surface area contributed by atoms with Crippen LogP contribution in [0.15, 0.2) is 36.8 Å². The molecule has 2 aromatic heterocycles. The summed E-state index contributed by atoms with van der Waals surface area (Å²) in [5.41, 5.74) is 3.13. The Kier molecular flexibility index (Phi) is 3.14. The number of esters is 1. The predicted octanol–water partition coefficient (Wildman–Crippen LogP) is 2.24. The predicted molar refractivity (Wildman–Crippen MR) is 63.5 cm³/mol. The number of nitrogens with zero attached hydrogens (tertiary/aromatic N) is 2. The monoisotopic (exact) mass is 228 g/mol. The maximum absolute atomic E-state index is 11.4. The zero-order valence-corrected chi connectivity index (χ0v) is 9.68. The van der Waals surface area contributed by atoms with Crippen molar-refractivity contribution in [3.8, 4) is 11.1 Å². The van der Waals surface area contributed by atoms with E-state index in [0.717, 1.165) is 16.7 Å². The Bertz CT molecular complexity index is 538. The number of hydrogen-bond donors (Lipinski definition) is 0. The van der Waals surface area contributed by atoms with Gasteiger partial charge in [-0.1, -0.05) is 0 Å². The van der Waals surface area contributed by atoms with E-state index in [-0.39, 0.29) is 0 Å². The fraction of sp³-hybridized carbons (Fsp3) is 0.154. The van der Waals surface area contributed by atoms with Crippen LogP contribution < -0.4 is 0 Å². The molecule has 2 aromatic rings. The number of hydrogen-bond acceptors (Lipinski definition) is 4. The number of carbonyl (C=O) groups is 1. The first-order valence-corrected chi connectivity index (χ1v) is 5.17. The first kappa shape index (κ1) is 11.3. The van der Waals surface area contributed by atoms with Crippen LogP contribution in [0.5, 0.6) is 0 Å². The summed E-state index contributed by atoms with van der Waals surface area (Å²) in [6.45, 7) is 1.84. The second-order valence-corrected chi connectivity index (χ2v) is 3.62. The number of aryl methyl sites for hydroxylation is 1. The molecular weight excluding hydrogens is 216 g/mol. The first-order valence-electron chi connectivity index (χ1n) is 5.17. The lowest BCUT2D eigenvalue weighted by atomic mass is 10.1. The third-order valence-corrected chi connectivity index (χ3v) is 2.47. The highest BCUT2D eigenvalue weighted by Gasteiger charge is 2.11. The topological polar surface area (TPSA) is 52.1 Å². The van der Waals surface area contributed by atoms with E-state index in [4.69, 9.17) is 0 Å². The van der Waals surface area contributed by atoms with Crippen molar-refractivity contribution < 1.29 is 9.53 Å². The second-order valence-electron chi connectivity index (χ2n) is 3.62. The maximum atomic E-state index is 11.4. The molecule has 0 aliphatic heterocycles. The van der Waals surface area contributed by atoms with E-state index >= 15 is 0 Å². The molecular formula is C13H12N2O2. The molecule has 0 unspecified atom stereocenters. The SMILES string of the molecule is COC(=O)c1ncc(-c2ccncc2)cc1C. The molecule has 0 amide bonds. The van der Waals surface area contributed by atoms with E-state index in [1.165, 1.54) is 7.11 Å². The molecule has 0 aliphatic rings. The maximum Gasteiger partial charge on any atom is 0.356 e. The van der Waals surface area contributed by atoms with Gasteiger partial charge in [0.25, 0.3) is 0 Å². The van der Waals surface area contributed by atoms with Gasteiger partial charge >= 0.3 is 5.97 Å². The van der Waals surface area contributed by atoms with Crippen molar-refractivity contribution >= 4 is 5.97 Å². The fourth-order valence-corrected chi connectivity index (χ4v) is 1.59. The Hall–Kier alpha value is -2.23. The third kappa shape index (κ3) is 2.30. The lowest BCUT2D eigenvalue weighted by Gasteiger charge is -2.05. The minimum absolute atomic E-state index is 0.352. The summed E-state index contributed by atoms with van der Waals surface area (Å²) in [6, 6.07) is 5.71. The average molecular weight is 228 g/mol. The molecule has 0 saturated carbocycles. The van der Waals surface area contributed by atoms with Crippen molar-refractivity contribution in [1.29, 1.82) is 0 Å². The Balaban J connectivity index is 2.41. The largest absolute Gasteiger partial charge is 0.464 e. The van der Waals surface area contributed by atoms with Gasteiger partial charge in [-0.15, -0.1) is 0 Å². The van der Waals surface area contributed by atoms with E-state index in [2.05, 4.69) is 14.7 Å². The van der Waals surface area contributed by atoms with Crippen LogP contribution >= 0.6 is 0 Å². The van der Waals surface area contributed by atoms with Gasteiger partial charge in [-0.05, 0) is 36.2 Å². The van der Waals surface area contributed by atoms with Crippen LogP contribution in [0.2, 0.25) is 0 Å². The van der Waals surface area contributed by atoms with Gasteiger partial charge in [0, 0.05) is 24.2 Å². The van der Waals surface area contributed by atoms with Crippen LogP contribution in [0.4, 0.5) is 0 Å². The summed E-state index contributed by atoms with van der Waals surface area (Å²) in [7, 11) is 1.35. The average Bonchev–Trinajstić information content (AvgIpc) is 2.39. The van der Waals surface area contributed by atoms with Crippen molar-refractivity contribution in [2.45, 2.75) is 6.92 Å². The molecule has 0 radical (unpaired) electrons. The normalized spacial score (nSPS) is 10.0. The van der Waals surface area contributed by atoms with Crippen molar-refractivity contribution in [2.24, 2.45) is 0 Å². The summed E-state index contributed by atoms with van der Waals surface area (Å²) in [5, 5.41) is 0. The van der Waals surface area contributed by atoms with Crippen LogP contribution in [-0.4, -0.2) is 23.0 Å². The standard InChI is InChI=1S/C13H12N2O2/c1-9-7-11(10-3-5-14-6-4-10)8-15-12(9)13(16)17-2/h3-8H,1-2H3. The quantitative estimate of drug-likeness (QED) is 0.740. The first-order chi connectivity index (χ1) is 8.22. The van der Waals surface area contributed by atoms with E-state index in [9.17, 15) is 4.79 Å². The van der Waals surface area contributed by atoms with E-state index in [1.54, 1.807) is 18.6 Å². The number of pyridine rings is 2. The van der Waals surface area contributed by atoms with E-state index < -0.39 is 5.97 Å². The number of methoxy groups -OCH3 is 1. The summed E-state index contributed by atoms with van der Waals surface area (Å²) in [4.78, 5) is 19.5. The molecule has 0 bridgehead atoms. The summed E-state index contributed by atoms with van der Waals surface area (Å²) < 4.78 is 4.65. The molecule has 0 aliphatic carbocycles. The Morgan fingerprint density at radius 2 is 1.94 bits per heavy atom. The van der Waals surface area contributed by atoms with Crippen LogP contribution in [0.1, 0.15) is 16.1 Å². The molecule has 0 aromatic carbocycles. The highest BCUT2D eigenvalue weighted by atomic mass is 16.5. The zero-order chi connectivity index (χ0) is 12.3.